The number of carbonyl (C=O) groups is 1. The summed E-state index contributed by atoms with van der Waals surface area (Å²) in [4.78, 5) is 14.8. The van der Waals surface area contributed by atoms with Gasteiger partial charge in [0.25, 0.3) is 5.91 Å². The van der Waals surface area contributed by atoms with Gasteiger partial charge in [0.05, 0.1) is 6.04 Å². The van der Waals surface area contributed by atoms with Gasteiger partial charge in [0.2, 0.25) is 0 Å². The van der Waals surface area contributed by atoms with Crippen LogP contribution in [-0.2, 0) is 0 Å². The van der Waals surface area contributed by atoms with Gasteiger partial charge in [-0.15, -0.1) is 12.4 Å². The number of rotatable bonds is 1. The Hall–Kier alpha value is -1.06. The molecule has 1 N–H and O–H groups in total. The minimum absolute atomic E-state index is 0. The van der Waals surface area contributed by atoms with Crippen LogP contribution >= 0.6 is 12.4 Å². The average molecular weight is 293 g/mol. The summed E-state index contributed by atoms with van der Waals surface area (Å²) in [5, 5.41) is 3.41. The van der Waals surface area contributed by atoms with Gasteiger partial charge >= 0.3 is 0 Å². The SMILES string of the molecule is Cl.O=C1c2c(C3CCCC3)cccc2[C@H]2CNCCN12. The van der Waals surface area contributed by atoms with Crippen molar-refractivity contribution in [2.75, 3.05) is 19.6 Å². The van der Waals surface area contributed by atoms with E-state index in [1.165, 1.54) is 36.8 Å². The highest BCUT2D eigenvalue weighted by molar-refractivity contribution is 6.01. The molecule has 108 valence electrons. The van der Waals surface area contributed by atoms with Crippen molar-refractivity contribution in [2.24, 2.45) is 0 Å². The lowest BCUT2D eigenvalue weighted by Gasteiger charge is -2.30. The molecule has 1 aromatic carbocycles. The molecule has 20 heavy (non-hydrogen) atoms. The fraction of sp³-hybridized carbons (Fsp3) is 0.562. The molecule has 0 bridgehead atoms. The summed E-state index contributed by atoms with van der Waals surface area (Å²) in [6.07, 6.45) is 5.15. The summed E-state index contributed by atoms with van der Waals surface area (Å²) < 4.78 is 0. The molecule has 3 nitrogen and oxygen atoms in total. The first kappa shape index (κ1) is 13.9. The molecule has 1 aliphatic carbocycles. The average Bonchev–Trinajstić information content (AvgIpc) is 3.08. The lowest BCUT2D eigenvalue weighted by molar-refractivity contribution is 0.0690. The zero-order chi connectivity index (χ0) is 12.8. The molecule has 1 atom stereocenters. The Morgan fingerprint density at radius 3 is 2.70 bits per heavy atom. The monoisotopic (exact) mass is 292 g/mol. The van der Waals surface area contributed by atoms with Crippen molar-refractivity contribution in [1.29, 1.82) is 0 Å². The molecular formula is C16H21ClN2O. The van der Waals surface area contributed by atoms with E-state index in [1.54, 1.807) is 0 Å². The Morgan fingerprint density at radius 1 is 1.15 bits per heavy atom. The maximum absolute atomic E-state index is 12.7. The fourth-order valence-electron chi connectivity index (χ4n) is 4.06. The Kier molecular flexibility index (Phi) is 3.74. The minimum atomic E-state index is 0. The van der Waals surface area contributed by atoms with Crippen molar-refractivity contribution in [3.63, 3.8) is 0 Å². The number of halogens is 1. The second-order valence-electron chi connectivity index (χ2n) is 6.01. The number of hydrogen-bond donors (Lipinski definition) is 1. The van der Waals surface area contributed by atoms with Crippen molar-refractivity contribution >= 4 is 18.3 Å². The minimum Gasteiger partial charge on any atom is -0.329 e. The van der Waals surface area contributed by atoms with Crippen LogP contribution in [0.5, 0.6) is 0 Å². The smallest absolute Gasteiger partial charge is 0.255 e. The van der Waals surface area contributed by atoms with Crippen LogP contribution in [0.1, 0.15) is 59.1 Å². The first-order valence-electron chi connectivity index (χ1n) is 7.51. The summed E-state index contributed by atoms with van der Waals surface area (Å²) in [7, 11) is 0. The van der Waals surface area contributed by atoms with Gasteiger partial charge in [0, 0.05) is 25.2 Å². The number of nitrogens with zero attached hydrogens (tertiary/aromatic N) is 1. The molecule has 1 aromatic rings. The topological polar surface area (TPSA) is 32.3 Å². The van der Waals surface area contributed by atoms with Gasteiger partial charge in [-0.3, -0.25) is 4.79 Å². The van der Waals surface area contributed by atoms with Crippen LogP contribution in [0.15, 0.2) is 18.2 Å². The Morgan fingerprint density at radius 2 is 1.90 bits per heavy atom. The van der Waals surface area contributed by atoms with Crippen LogP contribution in [0, 0.1) is 0 Å². The number of hydrogen-bond acceptors (Lipinski definition) is 2. The highest BCUT2D eigenvalue weighted by Gasteiger charge is 2.40. The quantitative estimate of drug-likeness (QED) is 0.863. The number of amides is 1. The second kappa shape index (κ2) is 5.38. The van der Waals surface area contributed by atoms with Gasteiger partial charge in [0.15, 0.2) is 0 Å². The van der Waals surface area contributed by atoms with Gasteiger partial charge in [-0.05, 0) is 29.9 Å². The van der Waals surface area contributed by atoms with Gasteiger partial charge in [-0.1, -0.05) is 31.0 Å². The number of piperazine rings is 1. The second-order valence-corrected chi connectivity index (χ2v) is 6.01. The predicted octanol–water partition coefficient (Wildman–Crippen LogP) is 2.87. The molecule has 3 aliphatic rings. The van der Waals surface area contributed by atoms with E-state index in [2.05, 4.69) is 28.4 Å². The van der Waals surface area contributed by atoms with Crippen molar-refractivity contribution in [3.8, 4) is 0 Å². The van der Waals surface area contributed by atoms with Crippen LogP contribution in [0.3, 0.4) is 0 Å². The zero-order valence-corrected chi connectivity index (χ0v) is 12.4. The molecule has 4 heteroatoms. The lowest BCUT2D eigenvalue weighted by atomic mass is 9.89. The van der Waals surface area contributed by atoms with E-state index in [4.69, 9.17) is 0 Å². The highest BCUT2D eigenvalue weighted by atomic mass is 35.5. The molecule has 2 fully saturated rings. The summed E-state index contributed by atoms with van der Waals surface area (Å²) in [5.41, 5.74) is 3.64. The summed E-state index contributed by atoms with van der Waals surface area (Å²) >= 11 is 0. The van der Waals surface area contributed by atoms with Crippen LogP contribution in [0.2, 0.25) is 0 Å². The molecule has 1 amide bonds. The third-order valence-electron chi connectivity index (χ3n) is 5.00. The van der Waals surface area contributed by atoms with Crippen LogP contribution < -0.4 is 5.32 Å². The predicted molar refractivity (Wildman–Crippen MR) is 81.5 cm³/mol. The van der Waals surface area contributed by atoms with E-state index in [9.17, 15) is 4.79 Å². The highest BCUT2D eigenvalue weighted by Crippen LogP contribution is 2.42. The normalized spacial score (nSPS) is 25.3. The summed E-state index contributed by atoms with van der Waals surface area (Å²) in [6.45, 7) is 2.68. The summed E-state index contributed by atoms with van der Waals surface area (Å²) in [5.74, 6) is 0.900. The lowest BCUT2D eigenvalue weighted by Crippen LogP contribution is -2.44. The fourth-order valence-corrected chi connectivity index (χ4v) is 4.06. The first-order valence-corrected chi connectivity index (χ1v) is 7.51. The van der Waals surface area contributed by atoms with Crippen molar-refractivity contribution in [2.45, 2.75) is 37.6 Å². The standard InChI is InChI=1S/C16H20N2O.ClH/c19-16-15-12(11-4-1-2-5-11)6-3-7-13(15)14-10-17-8-9-18(14)16;/h3,6-7,11,14,17H,1-2,4-5,8-10H2;1H/t14-;/m1./s1. The van der Waals surface area contributed by atoms with E-state index in [-0.39, 0.29) is 24.4 Å². The molecule has 2 heterocycles. The molecule has 0 radical (unpaired) electrons. The molecule has 2 aliphatic heterocycles. The van der Waals surface area contributed by atoms with Crippen LogP contribution in [0.25, 0.3) is 0 Å². The van der Waals surface area contributed by atoms with Gasteiger partial charge in [-0.2, -0.15) is 0 Å². The zero-order valence-electron chi connectivity index (χ0n) is 11.6. The van der Waals surface area contributed by atoms with E-state index >= 15 is 0 Å². The van der Waals surface area contributed by atoms with E-state index in [0.29, 0.717) is 5.92 Å². The third kappa shape index (κ3) is 1.95. The van der Waals surface area contributed by atoms with Gasteiger partial charge in [-0.25, -0.2) is 0 Å². The number of nitrogens with one attached hydrogen (secondary N) is 1. The number of fused-ring (bicyclic) bond motifs is 3. The van der Waals surface area contributed by atoms with E-state index in [1.807, 2.05) is 0 Å². The molecule has 1 saturated heterocycles. The van der Waals surface area contributed by atoms with E-state index < -0.39 is 0 Å². The van der Waals surface area contributed by atoms with Gasteiger partial charge in [0.1, 0.15) is 0 Å². The van der Waals surface area contributed by atoms with Crippen LogP contribution in [0.4, 0.5) is 0 Å². The molecule has 0 unspecified atom stereocenters. The molecule has 0 spiro atoms. The largest absolute Gasteiger partial charge is 0.329 e. The number of benzene rings is 1. The maximum Gasteiger partial charge on any atom is 0.255 e. The Bertz CT molecular complexity index is 525. The molecule has 1 saturated carbocycles. The maximum atomic E-state index is 12.7. The Balaban J connectivity index is 0.00000121. The number of carbonyl (C=O) groups excluding carboxylic acids is 1. The molecular weight excluding hydrogens is 272 g/mol. The van der Waals surface area contributed by atoms with Crippen molar-refractivity contribution < 1.29 is 4.79 Å². The van der Waals surface area contributed by atoms with E-state index in [0.717, 1.165) is 25.2 Å². The Labute approximate surface area is 126 Å². The molecule has 0 aromatic heterocycles. The van der Waals surface area contributed by atoms with Crippen LogP contribution in [-0.4, -0.2) is 30.4 Å². The summed E-state index contributed by atoms with van der Waals surface area (Å²) in [6, 6.07) is 6.78. The third-order valence-corrected chi connectivity index (χ3v) is 5.00. The van der Waals surface area contributed by atoms with Crippen molar-refractivity contribution in [1.82, 2.24) is 10.2 Å². The van der Waals surface area contributed by atoms with Gasteiger partial charge < -0.3 is 10.2 Å². The first-order chi connectivity index (χ1) is 9.36. The van der Waals surface area contributed by atoms with Crippen molar-refractivity contribution in [3.05, 3.63) is 34.9 Å². The molecule has 4 rings (SSSR count).